The highest BCUT2D eigenvalue weighted by Crippen LogP contribution is 2.28. The molecule has 22 heavy (non-hydrogen) atoms. The van der Waals surface area contributed by atoms with Crippen LogP contribution in [0.25, 0.3) is 0 Å². The van der Waals surface area contributed by atoms with Crippen LogP contribution in [0.5, 0.6) is 0 Å². The van der Waals surface area contributed by atoms with Crippen molar-refractivity contribution < 1.29 is 4.79 Å². The van der Waals surface area contributed by atoms with Gasteiger partial charge >= 0.3 is 0 Å². The number of carbonyl (C=O) groups is 1. The molecule has 0 spiro atoms. The van der Waals surface area contributed by atoms with Crippen molar-refractivity contribution in [2.24, 2.45) is 4.99 Å². The van der Waals surface area contributed by atoms with Crippen LogP contribution in [0.1, 0.15) is 23.1 Å². The minimum absolute atomic E-state index is 0.0568. The van der Waals surface area contributed by atoms with E-state index >= 15 is 0 Å². The number of para-hydroxylation sites is 2. The molecule has 0 unspecified atom stereocenters. The van der Waals surface area contributed by atoms with Gasteiger partial charge in [-0.05, 0) is 44.0 Å². The molecule has 1 amide bonds. The van der Waals surface area contributed by atoms with Gasteiger partial charge in [0.15, 0.2) is 0 Å². The first-order valence-corrected chi connectivity index (χ1v) is 7.34. The molecule has 2 aromatic rings. The fraction of sp³-hybridized carbons (Fsp3) is 0.222. The average molecular weight is 293 g/mol. The first-order valence-electron chi connectivity index (χ1n) is 7.34. The monoisotopic (exact) mass is 293 g/mol. The second kappa shape index (κ2) is 5.64. The minimum atomic E-state index is -0.0568. The number of nitrogens with one attached hydrogen (secondary N) is 2. The van der Waals surface area contributed by atoms with Crippen LogP contribution in [0.3, 0.4) is 0 Å². The third-order valence-electron chi connectivity index (χ3n) is 3.69. The van der Waals surface area contributed by atoms with Gasteiger partial charge in [-0.3, -0.25) is 4.79 Å². The van der Waals surface area contributed by atoms with Gasteiger partial charge in [0, 0.05) is 0 Å². The second-order valence-corrected chi connectivity index (χ2v) is 5.70. The van der Waals surface area contributed by atoms with Crippen molar-refractivity contribution in [3.05, 3.63) is 53.1 Å². The molecule has 2 aromatic carbocycles. The van der Waals surface area contributed by atoms with Crippen molar-refractivity contribution in [2.75, 3.05) is 10.6 Å². The summed E-state index contributed by atoms with van der Waals surface area (Å²) in [7, 11) is 0. The molecule has 112 valence electrons. The van der Waals surface area contributed by atoms with E-state index in [2.05, 4.69) is 29.7 Å². The Morgan fingerprint density at radius 1 is 0.955 bits per heavy atom. The maximum atomic E-state index is 12.0. The van der Waals surface area contributed by atoms with E-state index in [1.54, 1.807) is 0 Å². The zero-order chi connectivity index (χ0) is 15.7. The number of hydrogen-bond donors (Lipinski definition) is 2. The molecule has 0 saturated heterocycles. The molecule has 0 radical (unpaired) electrons. The Bertz CT molecular complexity index is 755. The number of anilines is 2. The van der Waals surface area contributed by atoms with Crippen LogP contribution in [0, 0.1) is 20.8 Å². The highest BCUT2D eigenvalue weighted by molar-refractivity contribution is 6.15. The van der Waals surface area contributed by atoms with Crippen molar-refractivity contribution in [1.29, 1.82) is 0 Å². The Labute approximate surface area is 130 Å². The lowest BCUT2D eigenvalue weighted by Gasteiger charge is -2.11. The summed E-state index contributed by atoms with van der Waals surface area (Å²) in [5.41, 5.74) is 6.04. The van der Waals surface area contributed by atoms with E-state index < -0.39 is 0 Å². The molecule has 1 aliphatic rings. The van der Waals surface area contributed by atoms with E-state index in [0.717, 1.165) is 28.2 Å². The largest absolute Gasteiger partial charge is 0.342 e. The Morgan fingerprint density at radius 3 is 2.18 bits per heavy atom. The van der Waals surface area contributed by atoms with Crippen LogP contribution in [0.4, 0.5) is 17.1 Å². The number of aryl methyl sites for hydroxylation is 3. The zero-order valence-electron chi connectivity index (χ0n) is 13.0. The van der Waals surface area contributed by atoms with Crippen molar-refractivity contribution in [3.63, 3.8) is 0 Å². The summed E-state index contributed by atoms with van der Waals surface area (Å²) < 4.78 is 0. The summed E-state index contributed by atoms with van der Waals surface area (Å²) >= 11 is 0. The zero-order valence-corrected chi connectivity index (χ0v) is 13.0. The number of benzene rings is 2. The summed E-state index contributed by atoms with van der Waals surface area (Å²) in [6, 6.07) is 11.9. The van der Waals surface area contributed by atoms with Crippen molar-refractivity contribution in [1.82, 2.24) is 0 Å². The summed E-state index contributed by atoms with van der Waals surface area (Å²) in [5, 5.41) is 6.17. The van der Waals surface area contributed by atoms with Crippen LogP contribution in [0.2, 0.25) is 0 Å². The van der Waals surface area contributed by atoms with Crippen molar-refractivity contribution in [2.45, 2.75) is 27.2 Å². The smallest absolute Gasteiger partial charge is 0.232 e. The van der Waals surface area contributed by atoms with E-state index in [4.69, 9.17) is 4.99 Å². The molecule has 1 heterocycles. The number of hydrogen-bond acceptors (Lipinski definition) is 2. The lowest BCUT2D eigenvalue weighted by molar-refractivity contribution is -0.115. The van der Waals surface area contributed by atoms with Gasteiger partial charge in [0.2, 0.25) is 5.91 Å². The molecule has 0 aromatic heterocycles. The lowest BCUT2D eigenvalue weighted by atomic mass is 10.1. The predicted molar refractivity (Wildman–Crippen MR) is 91.1 cm³/mol. The number of rotatable bonds is 1. The first kappa shape index (κ1) is 14.3. The second-order valence-electron chi connectivity index (χ2n) is 5.70. The van der Waals surface area contributed by atoms with E-state index in [0.29, 0.717) is 5.84 Å². The number of aliphatic imine (C=N–C) groups is 1. The maximum absolute atomic E-state index is 12.0. The van der Waals surface area contributed by atoms with Gasteiger partial charge < -0.3 is 10.6 Å². The molecular weight excluding hydrogens is 274 g/mol. The first-order chi connectivity index (χ1) is 10.5. The lowest BCUT2D eigenvalue weighted by Crippen LogP contribution is -2.16. The summed E-state index contributed by atoms with van der Waals surface area (Å²) in [6.07, 6.45) is 0.238. The van der Waals surface area contributed by atoms with Crippen LogP contribution in [-0.4, -0.2) is 11.7 Å². The fourth-order valence-corrected chi connectivity index (χ4v) is 2.80. The Hall–Kier alpha value is -2.62. The SMILES string of the molecule is Cc1cc(C)c(N=C2CC(=O)Nc3ccccc3N2)c(C)c1. The third-order valence-corrected chi connectivity index (χ3v) is 3.69. The molecule has 0 aliphatic carbocycles. The maximum Gasteiger partial charge on any atom is 0.232 e. The summed E-state index contributed by atoms with van der Waals surface area (Å²) in [5.74, 6) is 0.608. The van der Waals surface area contributed by atoms with Crippen LogP contribution in [0.15, 0.2) is 41.4 Å². The average Bonchev–Trinajstić information content (AvgIpc) is 2.60. The van der Waals surface area contributed by atoms with Gasteiger partial charge in [-0.25, -0.2) is 4.99 Å². The molecule has 0 saturated carbocycles. The Morgan fingerprint density at radius 2 is 1.55 bits per heavy atom. The van der Waals surface area contributed by atoms with E-state index in [1.807, 2.05) is 38.1 Å². The topological polar surface area (TPSA) is 53.5 Å². The van der Waals surface area contributed by atoms with E-state index in [-0.39, 0.29) is 12.3 Å². The van der Waals surface area contributed by atoms with Crippen LogP contribution < -0.4 is 10.6 Å². The minimum Gasteiger partial charge on any atom is -0.342 e. The third kappa shape index (κ3) is 2.86. The molecule has 0 fully saturated rings. The van der Waals surface area contributed by atoms with Gasteiger partial charge in [-0.2, -0.15) is 0 Å². The number of amidine groups is 1. The predicted octanol–water partition coefficient (Wildman–Crippen LogP) is 4.10. The Kier molecular flexibility index (Phi) is 3.67. The molecular formula is C18H19N3O. The van der Waals surface area contributed by atoms with Gasteiger partial charge in [-0.1, -0.05) is 29.8 Å². The molecule has 4 nitrogen and oxygen atoms in total. The fourth-order valence-electron chi connectivity index (χ4n) is 2.80. The van der Waals surface area contributed by atoms with Gasteiger partial charge in [0.25, 0.3) is 0 Å². The number of carbonyl (C=O) groups excluding carboxylic acids is 1. The Balaban J connectivity index is 2.03. The molecule has 1 aliphatic heterocycles. The van der Waals surface area contributed by atoms with E-state index in [9.17, 15) is 4.79 Å². The van der Waals surface area contributed by atoms with Crippen LogP contribution >= 0.6 is 0 Å². The molecule has 2 N–H and O–H groups in total. The quantitative estimate of drug-likeness (QED) is 0.832. The van der Waals surface area contributed by atoms with E-state index in [1.165, 1.54) is 5.56 Å². The standard InChI is InChI=1S/C18H19N3O/c1-11-8-12(2)18(13(3)9-11)21-16-10-17(22)20-15-7-5-4-6-14(15)19-16/h4-9H,10H2,1-3H3,(H,19,21)(H,20,22). The van der Waals surface area contributed by atoms with Gasteiger partial charge in [0.1, 0.15) is 5.84 Å². The van der Waals surface area contributed by atoms with Crippen molar-refractivity contribution >= 4 is 28.8 Å². The molecule has 3 rings (SSSR count). The normalized spacial score (nSPS) is 15.8. The van der Waals surface area contributed by atoms with Gasteiger partial charge in [0.05, 0.1) is 23.5 Å². The highest BCUT2D eigenvalue weighted by atomic mass is 16.1. The molecule has 0 atom stereocenters. The summed E-state index contributed by atoms with van der Waals surface area (Å²) in [6.45, 7) is 6.17. The number of fused-ring (bicyclic) bond motifs is 1. The summed E-state index contributed by atoms with van der Waals surface area (Å²) in [4.78, 5) is 16.8. The number of amides is 1. The molecule has 4 heteroatoms. The molecule has 0 bridgehead atoms. The van der Waals surface area contributed by atoms with Gasteiger partial charge in [-0.15, -0.1) is 0 Å². The number of nitrogens with zero attached hydrogens (tertiary/aromatic N) is 1. The van der Waals surface area contributed by atoms with Crippen LogP contribution in [-0.2, 0) is 4.79 Å². The van der Waals surface area contributed by atoms with Crippen molar-refractivity contribution in [3.8, 4) is 0 Å². The highest BCUT2D eigenvalue weighted by Gasteiger charge is 2.17.